The Morgan fingerprint density at radius 1 is 0.882 bits per heavy atom. The molecule has 1 fully saturated rings. The topological polar surface area (TPSA) is 6.48 Å². The van der Waals surface area contributed by atoms with E-state index in [2.05, 4.69) is 65.2 Å². The lowest BCUT2D eigenvalue weighted by Gasteiger charge is -2.52. The lowest BCUT2D eigenvalue weighted by atomic mass is 9.91. The fourth-order valence-corrected chi connectivity index (χ4v) is 2.82. The van der Waals surface area contributed by atoms with Crippen molar-refractivity contribution in [3.63, 3.8) is 0 Å². The van der Waals surface area contributed by atoms with Gasteiger partial charge in [-0.15, -0.1) is 0 Å². The molecule has 2 nitrogen and oxygen atoms in total. The number of piperazine rings is 1. The lowest BCUT2D eigenvalue weighted by Crippen LogP contribution is -2.63. The molecule has 0 N–H and O–H groups in total. The van der Waals surface area contributed by atoms with Crippen LogP contribution in [0.3, 0.4) is 0 Å². The van der Waals surface area contributed by atoms with Gasteiger partial charge in [-0.3, -0.25) is 9.80 Å². The van der Waals surface area contributed by atoms with E-state index in [-0.39, 0.29) is 0 Å². The van der Waals surface area contributed by atoms with Gasteiger partial charge in [-0.05, 0) is 47.5 Å². The van der Waals surface area contributed by atoms with Crippen LogP contribution in [0.4, 0.5) is 0 Å². The van der Waals surface area contributed by atoms with E-state index >= 15 is 0 Å². The highest BCUT2D eigenvalue weighted by atomic mass is 15.3. The highest BCUT2D eigenvalue weighted by Gasteiger charge is 2.38. The summed E-state index contributed by atoms with van der Waals surface area (Å²) in [6.45, 7) is 22.3. The second-order valence-electron chi connectivity index (χ2n) is 7.79. The lowest BCUT2D eigenvalue weighted by molar-refractivity contribution is -0.0379. The van der Waals surface area contributed by atoms with Gasteiger partial charge in [0.15, 0.2) is 0 Å². The summed E-state index contributed by atoms with van der Waals surface area (Å²) in [6.07, 6.45) is 0. The summed E-state index contributed by atoms with van der Waals surface area (Å²) in [4.78, 5) is 5.33. The van der Waals surface area contributed by atoms with Crippen molar-refractivity contribution in [3.05, 3.63) is 0 Å². The third kappa shape index (κ3) is 3.69. The van der Waals surface area contributed by atoms with Crippen LogP contribution in [0.1, 0.15) is 55.4 Å². The van der Waals surface area contributed by atoms with Crippen LogP contribution < -0.4 is 0 Å². The molecule has 1 aliphatic rings. The minimum Gasteiger partial charge on any atom is -0.296 e. The fourth-order valence-electron chi connectivity index (χ4n) is 2.82. The van der Waals surface area contributed by atoms with E-state index in [1.807, 2.05) is 0 Å². The number of nitrogens with zero attached hydrogens (tertiary/aromatic N) is 2. The average Bonchev–Trinajstić information content (AvgIpc) is 2.14. The van der Waals surface area contributed by atoms with Crippen LogP contribution >= 0.6 is 0 Å². The molecule has 1 unspecified atom stereocenters. The van der Waals surface area contributed by atoms with Crippen molar-refractivity contribution >= 4 is 0 Å². The molecule has 1 aliphatic heterocycles. The Morgan fingerprint density at radius 3 is 1.76 bits per heavy atom. The normalized spacial score (nSPS) is 25.6. The summed E-state index contributed by atoms with van der Waals surface area (Å²) < 4.78 is 0. The average molecular weight is 240 g/mol. The predicted molar refractivity (Wildman–Crippen MR) is 76.4 cm³/mol. The van der Waals surface area contributed by atoms with Crippen molar-refractivity contribution in [2.45, 2.75) is 72.5 Å². The monoisotopic (exact) mass is 240 g/mol. The Labute approximate surface area is 108 Å². The first-order valence-electron chi connectivity index (χ1n) is 7.05. The molecule has 17 heavy (non-hydrogen) atoms. The highest BCUT2D eigenvalue weighted by molar-refractivity contribution is 4.93. The second kappa shape index (κ2) is 4.89. The van der Waals surface area contributed by atoms with Crippen molar-refractivity contribution in [1.82, 2.24) is 9.80 Å². The van der Waals surface area contributed by atoms with Gasteiger partial charge in [-0.1, -0.05) is 13.8 Å². The molecule has 2 heteroatoms. The molecule has 1 heterocycles. The predicted octanol–water partition coefficient (Wildman–Crippen LogP) is 3.23. The molecule has 0 spiro atoms. The summed E-state index contributed by atoms with van der Waals surface area (Å²) in [6, 6.07) is 0.683. The zero-order valence-electron chi connectivity index (χ0n) is 13.2. The maximum Gasteiger partial charge on any atom is 0.0252 e. The van der Waals surface area contributed by atoms with E-state index in [1.54, 1.807) is 0 Å². The third-order valence-corrected chi connectivity index (χ3v) is 4.00. The van der Waals surface area contributed by atoms with Crippen molar-refractivity contribution in [3.8, 4) is 0 Å². The molecule has 0 aromatic rings. The van der Waals surface area contributed by atoms with Gasteiger partial charge >= 0.3 is 0 Å². The minimum atomic E-state index is 0.291. The molecule has 0 radical (unpaired) electrons. The molecule has 0 aromatic carbocycles. The molecule has 0 bridgehead atoms. The first-order chi connectivity index (χ1) is 7.53. The van der Waals surface area contributed by atoms with E-state index in [1.165, 1.54) is 19.6 Å². The smallest absolute Gasteiger partial charge is 0.0252 e. The Bertz CT molecular complexity index is 245. The summed E-state index contributed by atoms with van der Waals surface area (Å²) >= 11 is 0. The summed E-state index contributed by atoms with van der Waals surface area (Å²) in [5.74, 6) is 0.722. The molecule has 0 aliphatic carbocycles. The molecule has 1 rings (SSSR count). The maximum atomic E-state index is 2.69. The van der Waals surface area contributed by atoms with E-state index in [9.17, 15) is 0 Å². The number of hydrogen-bond donors (Lipinski definition) is 0. The van der Waals surface area contributed by atoms with Gasteiger partial charge in [0.1, 0.15) is 0 Å². The van der Waals surface area contributed by atoms with Crippen molar-refractivity contribution in [2.24, 2.45) is 5.92 Å². The maximum absolute atomic E-state index is 2.69. The number of hydrogen-bond acceptors (Lipinski definition) is 2. The zero-order valence-corrected chi connectivity index (χ0v) is 13.2. The Kier molecular flexibility index (Phi) is 4.31. The van der Waals surface area contributed by atoms with Crippen LogP contribution in [-0.2, 0) is 0 Å². The van der Waals surface area contributed by atoms with Gasteiger partial charge in [0.2, 0.25) is 0 Å². The largest absolute Gasteiger partial charge is 0.296 e. The van der Waals surface area contributed by atoms with Crippen LogP contribution in [0.2, 0.25) is 0 Å². The number of rotatable bonds is 1. The van der Waals surface area contributed by atoms with Crippen LogP contribution in [0.5, 0.6) is 0 Å². The molecule has 0 saturated carbocycles. The Morgan fingerprint density at radius 2 is 1.41 bits per heavy atom. The molecular formula is C15H32N2. The van der Waals surface area contributed by atoms with E-state index in [0.717, 1.165) is 5.92 Å². The van der Waals surface area contributed by atoms with Gasteiger partial charge in [0, 0.05) is 36.8 Å². The molecule has 102 valence electrons. The molecule has 0 aromatic heterocycles. The van der Waals surface area contributed by atoms with Gasteiger partial charge in [-0.2, -0.15) is 0 Å². The quantitative estimate of drug-likeness (QED) is 0.694. The van der Waals surface area contributed by atoms with E-state index in [0.29, 0.717) is 17.1 Å². The van der Waals surface area contributed by atoms with Gasteiger partial charge in [0.05, 0.1) is 0 Å². The van der Waals surface area contributed by atoms with Gasteiger partial charge in [0.25, 0.3) is 0 Å². The van der Waals surface area contributed by atoms with Crippen LogP contribution in [0.25, 0.3) is 0 Å². The minimum absolute atomic E-state index is 0.291. The van der Waals surface area contributed by atoms with E-state index in [4.69, 9.17) is 0 Å². The highest BCUT2D eigenvalue weighted by Crippen LogP contribution is 2.28. The third-order valence-electron chi connectivity index (χ3n) is 4.00. The van der Waals surface area contributed by atoms with E-state index < -0.39 is 0 Å². The zero-order chi connectivity index (χ0) is 13.4. The van der Waals surface area contributed by atoms with Crippen LogP contribution in [-0.4, -0.2) is 46.6 Å². The molecule has 0 amide bonds. The SMILES string of the molecule is CC(C)C1CN(C(C)(C)C)CCN1C(C)(C)C. The Hall–Kier alpha value is -0.0800. The first kappa shape index (κ1) is 15.0. The van der Waals surface area contributed by atoms with Crippen molar-refractivity contribution < 1.29 is 0 Å². The van der Waals surface area contributed by atoms with Crippen LogP contribution in [0.15, 0.2) is 0 Å². The van der Waals surface area contributed by atoms with Gasteiger partial charge < -0.3 is 0 Å². The fraction of sp³-hybridized carbons (Fsp3) is 1.00. The van der Waals surface area contributed by atoms with Crippen LogP contribution in [0, 0.1) is 5.92 Å². The summed E-state index contributed by atoms with van der Waals surface area (Å²) in [5.41, 5.74) is 0.593. The summed E-state index contributed by atoms with van der Waals surface area (Å²) in [7, 11) is 0. The molecule has 1 atom stereocenters. The Balaban J connectivity index is 2.82. The second-order valence-corrected chi connectivity index (χ2v) is 7.79. The molecule has 1 saturated heterocycles. The summed E-state index contributed by atoms with van der Waals surface area (Å²) in [5, 5.41) is 0. The van der Waals surface area contributed by atoms with Gasteiger partial charge in [-0.25, -0.2) is 0 Å². The van der Waals surface area contributed by atoms with Crippen molar-refractivity contribution in [2.75, 3.05) is 19.6 Å². The standard InChI is InChI=1S/C15H32N2/c1-12(2)13-11-16(14(3,4)5)9-10-17(13)15(6,7)8/h12-13H,9-11H2,1-8H3. The van der Waals surface area contributed by atoms with Crippen molar-refractivity contribution in [1.29, 1.82) is 0 Å². The first-order valence-corrected chi connectivity index (χ1v) is 7.05. The molecular weight excluding hydrogens is 208 g/mol.